The largest absolute Gasteiger partial charge is 0.150 e. The first kappa shape index (κ1) is 12.8. The highest BCUT2D eigenvalue weighted by molar-refractivity contribution is 8.00. The van der Waals surface area contributed by atoms with Gasteiger partial charge in [-0.1, -0.05) is 37.6 Å². The Labute approximate surface area is 87.5 Å². The molecular formula is C12H22S. The van der Waals surface area contributed by atoms with Gasteiger partial charge in [0.2, 0.25) is 0 Å². The third kappa shape index (κ3) is 5.98. The highest BCUT2D eigenvalue weighted by Crippen LogP contribution is 2.23. The van der Waals surface area contributed by atoms with Crippen molar-refractivity contribution in [3.8, 4) is 0 Å². The molecule has 0 rings (SSSR count). The zero-order valence-electron chi connectivity index (χ0n) is 9.39. The molecule has 0 nitrogen and oxygen atoms in total. The van der Waals surface area contributed by atoms with Crippen molar-refractivity contribution in [1.82, 2.24) is 0 Å². The first-order valence-electron chi connectivity index (χ1n) is 5.04. The van der Waals surface area contributed by atoms with Gasteiger partial charge in [0, 0.05) is 11.0 Å². The van der Waals surface area contributed by atoms with Gasteiger partial charge in [0.25, 0.3) is 0 Å². The number of rotatable bonds is 6. The van der Waals surface area contributed by atoms with E-state index < -0.39 is 0 Å². The Hall–Kier alpha value is -0.170. The number of hydrogen-bond acceptors (Lipinski definition) is 1. The molecule has 0 heterocycles. The number of thioether (sulfide) groups is 1. The van der Waals surface area contributed by atoms with Crippen LogP contribution < -0.4 is 0 Å². The van der Waals surface area contributed by atoms with Crippen molar-refractivity contribution >= 4 is 11.8 Å². The molecule has 0 aromatic carbocycles. The van der Waals surface area contributed by atoms with E-state index in [0.717, 1.165) is 12.2 Å². The summed E-state index contributed by atoms with van der Waals surface area (Å²) < 4.78 is 0. The lowest BCUT2D eigenvalue weighted by Gasteiger charge is -2.14. The molecule has 13 heavy (non-hydrogen) atoms. The van der Waals surface area contributed by atoms with Crippen molar-refractivity contribution in [2.45, 2.75) is 45.8 Å². The van der Waals surface area contributed by atoms with E-state index in [-0.39, 0.29) is 0 Å². The Bertz CT molecular complexity index is 180. The molecule has 0 saturated heterocycles. The van der Waals surface area contributed by atoms with Crippen molar-refractivity contribution in [1.29, 1.82) is 0 Å². The second kappa shape index (κ2) is 7.25. The summed E-state index contributed by atoms with van der Waals surface area (Å²) in [4.78, 5) is 0. The molecular weight excluding hydrogens is 176 g/mol. The third-order valence-corrected chi connectivity index (χ3v) is 3.75. The molecule has 1 unspecified atom stereocenters. The van der Waals surface area contributed by atoms with Gasteiger partial charge in [-0.2, -0.15) is 0 Å². The van der Waals surface area contributed by atoms with E-state index in [9.17, 15) is 0 Å². The molecule has 1 heteroatoms. The van der Waals surface area contributed by atoms with Crippen LogP contribution in [0.15, 0.2) is 23.8 Å². The molecule has 76 valence electrons. The van der Waals surface area contributed by atoms with Gasteiger partial charge in [-0.15, -0.1) is 11.8 Å². The van der Waals surface area contributed by atoms with Gasteiger partial charge < -0.3 is 0 Å². The van der Waals surface area contributed by atoms with Gasteiger partial charge in [0.05, 0.1) is 0 Å². The summed E-state index contributed by atoms with van der Waals surface area (Å²) in [7, 11) is 0. The van der Waals surface area contributed by atoms with Crippen LogP contribution in [0.25, 0.3) is 0 Å². The van der Waals surface area contributed by atoms with Crippen LogP contribution in [0.3, 0.4) is 0 Å². The zero-order chi connectivity index (χ0) is 10.3. The predicted molar refractivity (Wildman–Crippen MR) is 65.4 cm³/mol. The molecule has 0 aromatic rings. The van der Waals surface area contributed by atoms with Crippen LogP contribution in [0.1, 0.15) is 40.5 Å². The van der Waals surface area contributed by atoms with Crippen molar-refractivity contribution in [3.05, 3.63) is 23.8 Å². The van der Waals surface area contributed by atoms with Gasteiger partial charge in [0.1, 0.15) is 0 Å². The van der Waals surface area contributed by atoms with E-state index in [1.54, 1.807) is 0 Å². The Morgan fingerprint density at radius 3 is 2.38 bits per heavy atom. The number of allylic oxidation sites excluding steroid dienone is 1. The van der Waals surface area contributed by atoms with Crippen LogP contribution in [0.2, 0.25) is 0 Å². The van der Waals surface area contributed by atoms with Crippen LogP contribution in [0.5, 0.6) is 0 Å². The van der Waals surface area contributed by atoms with Gasteiger partial charge >= 0.3 is 0 Å². The predicted octanol–water partition coefficient (Wildman–Crippen LogP) is 4.43. The molecule has 0 aliphatic carbocycles. The standard InChI is InChI=1S/C12H22S/c1-6-8-11(5)9-13-12(7-2)10(3)4/h8,12H,3,6-7,9H2,1-2,4-5H3. The summed E-state index contributed by atoms with van der Waals surface area (Å²) in [6.07, 6.45) is 4.65. The first-order chi connectivity index (χ1) is 6.11. The zero-order valence-corrected chi connectivity index (χ0v) is 10.2. The van der Waals surface area contributed by atoms with Crippen molar-refractivity contribution < 1.29 is 0 Å². The molecule has 0 aliphatic heterocycles. The summed E-state index contributed by atoms with van der Waals surface area (Å²) >= 11 is 2.01. The minimum absolute atomic E-state index is 0.639. The molecule has 0 aromatic heterocycles. The summed E-state index contributed by atoms with van der Waals surface area (Å²) in [6.45, 7) is 12.8. The van der Waals surface area contributed by atoms with E-state index in [0.29, 0.717) is 5.25 Å². The van der Waals surface area contributed by atoms with E-state index in [1.165, 1.54) is 17.6 Å². The summed E-state index contributed by atoms with van der Waals surface area (Å²) in [5, 5.41) is 0.639. The van der Waals surface area contributed by atoms with Crippen LogP contribution in [0, 0.1) is 0 Å². The van der Waals surface area contributed by atoms with Crippen LogP contribution in [0.4, 0.5) is 0 Å². The number of hydrogen-bond donors (Lipinski definition) is 0. The smallest absolute Gasteiger partial charge is 0.0251 e. The fourth-order valence-corrected chi connectivity index (χ4v) is 2.35. The monoisotopic (exact) mass is 198 g/mol. The minimum Gasteiger partial charge on any atom is -0.150 e. The van der Waals surface area contributed by atoms with Crippen LogP contribution in [-0.2, 0) is 0 Å². The van der Waals surface area contributed by atoms with Crippen LogP contribution in [-0.4, -0.2) is 11.0 Å². The van der Waals surface area contributed by atoms with Crippen molar-refractivity contribution in [3.63, 3.8) is 0 Å². The SMILES string of the molecule is C=C(C)C(CC)SCC(C)=CCC. The Balaban J connectivity index is 3.85. The normalized spacial score (nSPS) is 14.3. The molecule has 0 spiro atoms. The lowest BCUT2D eigenvalue weighted by atomic mass is 10.2. The second-order valence-electron chi connectivity index (χ2n) is 3.51. The molecule has 0 N–H and O–H groups in total. The Morgan fingerprint density at radius 1 is 1.38 bits per heavy atom. The van der Waals surface area contributed by atoms with Crippen molar-refractivity contribution in [2.75, 3.05) is 5.75 Å². The first-order valence-corrected chi connectivity index (χ1v) is 6.09. The van der Waals surface area contributed by atoms with Gasteiger partial charge in [-0.25, -0.2) is 0 Å². The van der Waals surface area contributed by atoms with E-state index in [4.69, 9.17) is 0 Å². The van der Waals surface area contributed by atoms with Crippen LogP contribution >= 0.6 is 11.8 Å². The molecule has 0 fully saturated rings. The molecule has 0 saturated carbocycles. The Morgan fingerprint density at radius 2 is 2.00 bits per heavy atom. The minimum atomic E-state index is 0.639. The molecule has 0 amide bonds. The van der Waals surface area contributed by atoms with Crippen molar-refractivity contribution in [2.24, 2.45) is 0 Å². The Kier molecular flexibility index (Phi) is 7.16. The summed E-state index contributed by atoms with van der Waals surface area (Å²) in [5.74, 6) is 1.15. The molecule has 0 aliphatic rings. The summed E-state index contributed by atoms with van der Waals surface area (Å²) in [5.41, 5.74) is 2.80. The second-order valence-corrected chi connectivity index (χ2v) is 4.70. The van der Waals surface area contributed by atoms with E-state index >= 15 is 0 Å². The highest BCUT2D eigenvalue weighted by Gasteiger charge is 2.06. The van der Waals surface area contributed by atoms with E-state index in [2.05, 4.69) is 40.3 Å². The maximum Gasteiger partial charge on any atom is 0.0251 e. The third-order valence-electron chi connectivity index (χ3n) is 1.99. The lowest BCUT2D eigenvalue weighted by molar-refractivity contribution is 0.928. The lowest BCUT2D eigenvalue weighted by Crippen LogP contribution is -2.02. The molecule has 0 bridgehead atoms. The van der Waals surface area contributed by atoms with Gasteiger partial charge in [-0.05, 0) is 26.7 Å². The maximum atomic E-state index is 4.01. The fraction of sp³-hybridized carbons (Fsp3) is 0.667. The van der Waals surface area contributed by atoms with E-state index in [1.807, 2.05) is 11.8 Å². The average molecular weight is 198 g/mol. The quantitative estimate of drug-likeness (QED) is 0.569. The summed E-state index contributed by atoms with van der Waals surface area (Å²) in [6, 6.07) is 0. The molecule has 1 atom stereocenters. The molecule has 0 radical (unpaired) electrons. The topological polar surface area (TPSA) is 0 Å². The van der Waals surface area contributed by atoms with Gasteiger partial charge in [-0.3, -0.25) is 0 Å². The highest BCUT2D eigenvalue weighted by atomic mass is 32.2. The fourth-order valence-electron chi connectivity index (χ4n) is 1.25. The average Bonchev–Trinajstić information content (AvgIpc) is 2.05. The maximum absolute atomic E-state index is 4.01. The van der Waals surface area contributed by atoms with Gasteiger partial charge in [0.15, 0.2) is 0 Å².